The molecule has 7 nitrogen and oxygen atoms in total. The van der Waals surface area contributed by atoms with Gasteiger partial charge in [-0.3, -0.25) is 9.89 Å². The lowest BCUT2D eigenvalue weighted by atomic mass is 9.98. The van der Waals surface area contributed by atoms with Gasteiger partial charge in [0.25, 0.3) is 0 Å². The minimum absolute atomic E-state index is 0.00375. The maximum absolute atomic E-state index is 12.2. The Bertz CT molecular complexity index is 418. The number of amides is 3. The van der Waals surface area contributed by atoms with Gasteiger partial charge in [-0.15, -0.1) is 0 Å². The molecule has 3 atom stereocenters. The molecule has 1 rings (SSSR count). The Hall–Kier alpha value is -2.05. The Balaban J connectivity index is 2.68. The molecule has 106 valence electrons. The van der Waals surface area contributed by atoms with E-state index in [0.29, 0.717) is 0 Å². The molecule has 0 aliphatic carbocycles. The average Bonchev–Trinajstić information content (AvgIpc) is 2.88. The number of H-pyrrole nitrogens is 1. The number of carbonyl (C=O) groups excluding carboxylic acids is 2. The predicted octanol–water partition coefficient (Wildman–Crippen LogP) is 0.670. The summed E-state index contributed by atoms with van der Waals surface area (Å²) in [7, 11) is 0. The molecular weight excluding hydrogens is 246 g/mol. The second kappa shape index (κ2) is 6.77. The van der Waals surface area contributed by atoms with Gasteiger partial charge in [0.2, 0.25) is 5.91 Å². The number of nitrogens with one attached hydrogen (secondary N) is 3. The van der Waals surface area contributed by atoms with Gasteiger partial charge in [0.05, 0.1) is 12.2 Å². The van der Waals surface area contributed by atoms with Crippen molar-refractivity contribution in [2.45, 2.75) is 39.3 Å². The SMILES string of the molecule is CCC(C)C(NC(N)=O)C(=O)NC(C)c1cn[nH]c1. The van der Waals surface area contributed by atoms with Gasteiger partial charge in [-0.25, -0.2) is 4.79 Å². The van der Waals surface area contributed by atoms with Gasteiger partial charge < -0.3 is 16.4 Å². The van der Waals surface area contributed by atoms with Gasteiger partial charge >= 0.3 is 6.03 Å². The molecule has 0 aliphatic rings. The number of primary amides is 1. The van der Waals surface area contributed by atoms with Crippen LogP contribution in [0, 0.1) is 5.92 Å². The van der Waals surface area contributed by atoms with E-state index >= 15 is 0 Å². The molecule has 0 aromatic carbocycles. The first-order valence-electron chi connectivity index (χ1n) is 6.30. The Morgan fingerprint density at radius 3 is 2.58 bits per heavy atom. The van der Waals surface area contributed by atoms with Crippen molar-refractivity contribution in [3.05, 3.63) is 18.0 Å². The van der Waals surface area contributed by atoms with Crippen LogP contribution < -0.4 is 16.4 Å². The standard InChI is InChI=1S/C12H21N5O2/c1-4-7(2)10(17-12(13)19)11(18)16-8(3)9-5-14-15-6-9/h5-8,10H,4H2,1-3H3,(H,14,15)(H,16,18)(H3,13,17,19). The van der Waals surface area contributed by atoms with E-state index in [-0.39, 0.29) is 17.9 Å². The number of hydrogen-bond donors (Lipinski definition) is 4. The van der Waals surface area contributed by atoms with Crippen molar-refractivity contribution in [1.29, 1.82) is 0 Å². The molecule has 1 heterocycles. The first-order valence-corrected chi connectivity index (χ1v) is 6.30. The van der Waals surface area contributed by atoms with Gasteiger partial charge in [0, 0.05) is 11.8 Å². The number of carbonyl (C=O) groups is 2. The molecule has 3 unspecified atom stereocenters. The van der Waals surface area contributed by atoms with Gasteiger partial charge in [-0.05, 0) is 12.8 Å². The fourth-order valence-electron chi connectivity index (χ4n) is 1.74. The lowest BCUT2D eigenvalue weighted by Crippen LogP contribution is -2.52. The van der Waals surface area contributed by atoms with Crippen LogP contribution in [0.4, 0.5) is 4.79 Å². The molecule has 5 N–H and O–H groups in total. The summed E-state index contributed by atoms with van der Waals surface area (Å²) in [6, 6.07) is -1.51. The minimum Gasteiger partial charge on any atom is -0.352 e. The first-order chi connectivity index (χ1) is 8.95. The van der Waals surface area contributed by atoms with Gasteiger partial charge in [0.1, 0.15) is 6.04 Å². The normalized spacial score (nSPS) is 15.3. The lowest BCUT2D eigenvalue weighted by molar-refractivity contribution is -0.124. The summed E-state index contributed by atoms with van der Waals surface area (Å²) >= 11 is 0. The van der Waals surface area contributed by atoms with Crippen LogP contribution in [0.25, 0.3) is 0 Å². The zero-order chi connectivity index (χ0) is 14.4. The van der Waals surface area contributed by atoms with Crippen LogP contribution in [0.15, 0.2) is 12.4 Å². The van der Waals surface area contributed by atoms with E-state index in [4.69, 9.17) is 5.73 Å². The van der Waals surface area contributed by atoms with Crippen LogP contribution in [0.3, 0.4) is 0 Å². The topological polar surface area (TPSA) is 113 Å². The number of nitrogens with zero attached hydrogens (tertiary/aromatic N) is 1. The van der Waals surface area contributed by atoms with Gasteiger partial charge in [0.15, 0.2) is 0 Å². The summed E-state index contributed by atoms with van der Waals surface area (Å²) in [6.45, 7) is 5.69. The molecule has 0 aliphatic heterocycles. The minimum atomic E-state index is -0.698. The van der Waals surface area contributed by atoms with Crippen LogP contribution in [0.5, 0.6) is 0 Å². The summed E-state index contributed by atoms with van der Waals surface area (Å²) in [5, 5.41) is 11.8. The van der Waals surface area contributed by atoms with E-state index in [1.54, 1.807) is 12.4 Å². The number of rotatable bonds is 6. The van der Waals surface area contributed by atoms with Crippen molar-refractivity contribution in [1.82, 2.24) is 20.8 Å². The molecule has 0 radical (unpaired) electrons. The van der Waals surface area contributed by atoms with Crippen LogP contribution in [0.2, 0.25) is 0 Å². The third-order valence-corrected chi connectivity index (χ3v) is 3.17. The highest BCUT2D eigenvalue weighted by molar-refractivity contribution is 5.87. The highest BCUT2D eigenvalue weighted by atomic mass is 16.2. The van der Waals surface area contributed by atoms with Crippen molar-refractivity contribution in [2.24, 2.45) is 11.7 Å². The molecule has 0 spiro atoms. The van der Waals surface area contributed by atoms with Crippen LogP contribution in [-0.2, 0) is 4.79 Å². The highest BCUT2D eigenvalue weighted by Crippen LogP contribution is 2.12. The molecule has 3 amide bonds. The summed E-state index contributed by atoms with van der Waals surface area (Å²) in [6.07, 6.45) is 4.12. The zero-order valence-corrected chi connectivity index (χ0v) is 11.4. The van der Waals surface area contributed by atoms with Crippen molar-refractivity contribution in [3.8, 4) is 0 Å². The second-order valence-corrected chi connectivity index (χ2v) is 4.63. The molecule has 0 fully saturated rings. The van der Waals surface area contributed by atoms with Crippen LogP contribution >= 0.6 is 0 Å². The Kier molecular flexibility index (Phi) is 5.35. The van der Waals surface area contributed by atoms with Crippen LogP contribution in [-0.4, -0.2) is 28.2 Å². The molecule has 1 aromatic heterocycles. The quantitative estimate of drug-likeness (QED) is 0.607. The van der Waals surface area contributed by atoms with E-state index in [9.17, 15) is 9.59 Å². The Labute approximate surface area is 112 Å². The zero-order valence-electron chi connectivity index (χ0n) is 11.4. The summed E-state index contributed by atoms with van der Waals surface area (Å²) < 4.78 is 0. The van der Waals surface area contributed by atoms with Crippen molar-refractivity contribution >= 4 is 11.9 Å². The highest BCUT2D eigenvalue weighted by Gasteiger charge is 2.26. The smallest absolute Gasteiger partial charge is 0.312 e. The lowest BCUT2D eigenvalue weighted by Gasteiger charge is -2.24. The van der Waals surface area contributed by atoms with E-state index in [2.05, 4.69) is 20.8 Å². The molecular formula is C12H21N5O2. The maximum Gasteiger partial charge on any atom is 0.312 e. The van der Waals surface area contributed by atoms with Gasteiger partial charge in [-0.1, -0.05) is 20.3 Å². The fourth-order valence-corrected chi connectivity index (χ4v) is 1.74. The Morgan fingerprint density at radius 2 is 2.11 bits per heavy atom. The predicted molar refractivity (Wildman–Crippen MR) is 71.1 cm³/mol. The number of aromatic nitrogens is 2. The maximum atomic E-state index is 12.2. The average molecular weight is 267 g/mol. The summed E-state index contributed by atoms with van der Waals surface area (Å²) in [5.74, 6) is -0.245. The van der Waals surface area contributed by atoms with E-state index < -0.39 is 12.1 Å². The van der Waals surface area contributed by atoms with E-state index in [1.807, 2.05) is 20.8 Å². The number of aromatic amines is 1. The third kappa shape index (κ3) is 4.27. The molecule has 7 heteroatoms. The van der Waals surface area contributed by atoms with E-state index in [0.717, 1.165) is 12.0 Å². The van der Waals surface area contributed by atoms with Crippen molar-refractivity contribution in [2.75, 3.05) is 0 Å². The molecule has 0 saturated carbocycles. The second-order valence-electron chi connectivity index (χ2n) is 4.63. The van der Waals surface area contributed by atoms with Crippen molar-refractivity contribution < 1.29 is 9.59 Å². The van der Waals surface area contributed by atoms with E-state index in [1.165, 1.54) is 0 Å². The summed E-state index contributed by atoms with van der Waals surface area (Å²) in [5.41, 5.74) is 5.97. The van der Waals surface area contributed by atoms with Crippen molar-refractivity contribution in [3.63, 3.8) is 0 Å². The monoisotopic (exact) mass is 267 g/mol. The number of urea groups is 1. The number of nitrogens with two attached hydrogens (primary N) is 1. The molecule has 0 bridgehead atoms. The fraction of sp³-hybridized carbons (Fsp3) is 0.583. The summed E-state index contributed by atoms with van der Waals surface area (Å²) in [4.78, 5) is 23.1. The molecule has 0 saturated heterocycles. The van der Waals surface area contributed by atoms with Crippen LogP contribution in [0.1, 0.15) is 38.8 Å². The first kappa shape index (κ1) is 15.0. The number of hydrogen-bond acceptors (Lipinski definition) is 3. The molecule has 19 heavy (non-hydrogen) atoms. The third-order valence-electron chi connectivity index (χ3n) is 3.17. The Morgan fingerprint density at radius 1 is 1.42 bits per heavy atom. The molecule has 1 aromatic rings. The largest absolute Gasteiger partial charge is 0.352 e. The van der Waals surface area contributed by atoms with Gasteiger partial charge in [-0.2, -0.15) is 5.10 Å².